The van der Waals surface area contributed by atoms with Gasteiger partial charge in [0.2, 0.25) is 0 Å². The Kier molecular flexibility index (Phi) is 3.49. The minimum atomic E-state index is 0.320. The monoisotopic (exact) mass is 330 g/mol. The molecule has 0 fully saturated rings. The summed E-state index contributed by atoms with van der Waals surface area (Å²) >= 11 is 6.32. The second-order valence-corrected chi connectivity index (χ2v) is 5.84. The normalized spacial score (nSPS) is 10.7. The molecule has 1 aromatic heterocycles. The zero-order valence-electron chi connectivity index (χ0n) is 12.5. The van der Waals surface area contributed by atoms with Crippen molar-refractivity contribution in [3.8, 4) is 28.5 Å². The van der Waals surface area contributed by atoms with E-state index in [-0.39, 0.29) is 0 Å². The van der Waals surface area contributed by atoms with Crippen molar-refractivity contribution < 1.29 is 0 Å². The van der Waals surface area contributed by atoms with Crippen LogP contribution in [0.3, 0.4) is 0 Å². The standard InChI is InChI=1S/C19H11ClN4/c20-15-9-13(8-14(10-15)19-18(11-21)22-24-23-19)17-7-3-5-12-4-1-2-6-16(12)17/h1-10H,(H,22,23,24). The molecule has 0 bridgehead atoms. The number of aromatic nitrogens is 3. The van der Waals surface area contributed by atoms with Crippen molar-refractivity contribution >= 4 is 22.4 Å². The number of rotatable bonds is 2. The van der Waals surface area contributed by atoms with Gasteiger partial charge in [-0.2, -0.15) is 5.26 Å². The number of nitrogens with one attached hydrogen (secondary N) is 1. The van der Waals surface area contributed by atoms with Gasteiger partial charge >= 0.3 is 0 Å². The van der Waals surface area contributed by atoms with Crippen LogP contribution in [0.1, 0.15) is 5.69 Å². The van der Waals surface area contributed by atoms with Crippen molar-refractivity contribution in [3.05, 3.63) is 71.4 Å². The Morgan fingerprint density at radius 1 is 0.958 bits per heavy atom. The molecule has 0 radical (unpaired) electrons. The lowest BCUT2D eigenvalue weighted by Crippen LogP contribution is -1.87. The maximum atomic E-state index is 9.17. The first-order chi connectivity index (χ1) is 11.8. The zero-order chi connectivity index (χ0) is 16.5. The number of benzene rings is 3. The molecule has 4 aromatic rings. The molecule has 24 heavy (non-hydrogen) atoms. The van der Waals surface area contributed by atoms with Crippen LogP contribution in [0.25, 0.3) is 33.2 Å². The van der Waals surface area contributed by atoms with Crippen LogP contribution in [0.5, 0.6) is 0 Å². The highest BCUT2D eigenvalue weighted by molar-refractivity contribution is 6.31. The molecule has 0 saturated carbocycles. The van der Waals surface area contributed by atoms with Gasteiger partial charge in [-0.1, -0.05) is 59.3 Å². The van der Waals surface area contributed by atoms with Crippen LogP contribution in [-0.2, 0) is 0 Å². The molecule has 0 amide bonds. The summed E-state index contributed by atoms with van der Waals surface area (Å²) in [5, 5.41) is 22.4. The van der Waals surface area contributed by atoms with Gasteiger partial charge in [0.1, 0.15) is 11.8 Å². The Hall–Kier alpha value is -3.16. The lowest BCUT2D eigenvalue weighted by molar-refractivity contribution is 0.937. The van der Waals surface area contributed by atoms with Gasteiger partial charge in [-0.3, -0.25) is 0 Å². The predicted octanol–water partition coefficient (Wildman–Crippen LogP) is 4.82. The van der Waals surface area contributed by atoms with E-state index in [1.807, 2.05) is 30.3 Å². The van der Waals surface area contributed by atoms with Crippen molar-refractivity contribution in [2.45, 2.75) is 0 Å². The van der Waals surface area contributed by atoms with Crippen LogP contribution < -0.4 is 0 Å². The minimum Gasteiger partial charge on any atom is -0.247 e. The molecular weight excluding hydrogens is 320 g/mol. The molecule has 1 heterocycles. The number of nitrogens with zero attached hydrogens (tertiary/aromatic N) is 3. The van der Waals surface area contributed by atoms with E-state index < -0.39 is 0 Å². The minimum absolute atomic E-state index is 0.320. The first kappa shape index (κ1) is 14.4. The Labute approximate surface area is 143 Å². The molecule has 1 N–H and O–H groups in total. The SMILES string of the molecule is N#Cc1[nH]nnc1-c1cc(Cl)cc(-c2cccc3ccccc23)c1. The van der Waals surface area contributed by atoms with Crippen LogP contribution in [0, 0.1) is 11.3 Å². The smallest absolute Gasteiger partial charge is 0.163 e. The van der Waals surface area contributed by atoms with Gasteiger partial charge in [0.05, 0.1) is 0 Å². The molecular formula is C19H11ClN4. The van der Waals surface area contributed by atoms with Crippen molar-refractivity contribution in [3.63, 3.8) is 0 Å². The van der Waals surface area contributed by atoms with Crippen molar-refractivity contribution in [1.29, 1.82) is 5.26 Å². The lowest BCUT2D eigenvalue weighted by Gasteiger charge is -2.09. The Balaban J connectivity index is 1.95. The number of aromatic amines is 1. The first-order valence-corrected chi connectivity index (χ1v) is 7.74. The summed E-state index contributed by atoms with van der Waals surface area (Å²) in [7, 11) is 0. The summed E-state index contributed by atoms with van der Waals surface area (Å²) < 4.78 is 0. The van der Waals surface area contributed by atoms with E-state index in [1.165, 1.54) is 0 Å². The van der Waals surface area contributed by atoms with Gasteiger partial charge < -0.3 is 0 Å². The number of H-pyrrole nitrogens is 1. The van der Waals surface area contributed by atoms with E-state index in [9.17, 15) is 5.26 Å². The largest absolute Gasteiger partial charge is 0.247 e. The van der Waals surface area contributed by atoms with E-state index in [2.05, 4.69) is 45.7 Å². The topological polar surface area (TPSA) is 65.4 Å². The van der Waals surface area contributed by atoms with Gasteiger partial charge in [0, 0.05) is 10.6 Å². The average Bonchev–Trinajstić information content (AvgIpc) is 3.09. The van der Waals surface area contributed by atoms with E-state index in [0.717, 1.165) is 27.5 Å². The molecule has 0 aliphatic rings. The molecule has 0 aliphatic carbocycles. The van der Waals surface area contributed by atoms with Crippen molar-refractivity contribution in [2.24, 2.45) is 0 Å². The molecule has 0 unspecified atom stereocenters. The second-order valence-electron chi connectivity index (χ2n) is 5.40. The number of hydrogen-bond acceptors (Lipinski definition) is 3. The molecule has 0 aliphatic heterocycles. The van der Waals surface area contributed by atoms with Crippen LogP contribution in [0.2, 0.25) is 5.02 Å². The van der Waals surface area contributed by atoms with E-state index >= 15 is 0 Å². The van der Waals surface area contributed by atoms with Crippen LogP contribution >= 0.6 is 11.6 Å². The fourth-order valence-corrected chi connectivity index (χ4v) is 3.10. The van der Waals surface area contributed by atoms with E-state index in [4.69, 9.17) is 11.6 Å². The molecule has 0 spiro atoms. The Morgan fingerprint density at radius 2 is 1.75 bits per heavy atom. The van der Waals surface area contributed by atoms with Gasteiger partial charge in [-0.25, -0.2) is 5.10 Å². The Morgan fingerprint density at radius 3 is 2.62 bits per heavy atom. The highest BCUT2D eigenvalue weighted by Gasteiger charge is 2.12. The molecule has 0 atom stereocenters. The number of hydrogen-bond donors (Lipinski definition) is 1. The highest BCUT2D eigenvalue weighted by atomic mass is 35.5. The summed E-state index contributed by atoms with van der Waals surface area (Å²) in [5.41, 5.74) is 3.64. The fraction of sp³-hybridized carbons (Fsp3) is 0. The zero-order valence-corrected chi connectivity index (χ0v) is 13.2. The molecule has 4 nitrogen and oxygen atoms in total. The summed E-state index contributed by atoms with van der Waals surface area (Å²) in [6.07, 6.45) is 0. The Bertz CT molecular complexity index is 1090. The van der Waals surface area contributed by atoms with Crippen molar-refractivity contribution in [2.75, 3.05) is 0 Å². The number of nitriles is 1. The molecule has 4 rings (SSSR count). The van der Waals surface area contributed by atoms with Crippen LogP contribution in [-0.4, -0.2) is 15.4 Å². The fourth-order valence-electron chi connectivity index (χ4n) is 2.87. The number of halogens is 1. The summed E-state index contributed by atoms with van der Waals surface area (Å²) in [4.78, 5) is 0. The average molecular weight is 331 g/mol. The van der Waals surface area contributed by atoms with Gasteiger partial charge in [0.15, 0.2) is 5.69 Å². The van der Waals surface area contributed by atoms with E-state index in [1.54, 1.807) is 6.07 Å². The number of fused-ring (bicyclic) bond motifs is 1. The molecule has 114 valence electrons. The molecule has 0 saturated heterocycles. The third kappa shape index (κ3) is 2.41. The highest BCUT2D eigenvalue weighted by Crippen LogP contribution is 2.34. The maximum Gasteiger partial charge on any atom is 0.163 e. The van der Waals surface area contributed by atoms with Gasteiger partial charge in [-0.05, 0) is 40.1 Å². The van der Waals surface area contributed by atoms with Gasteiger partial charge in [-0.15, -0.1) is 5.10 Å². The predicted molar refractivity (Wildman–Crippen MR) is 94.5 cm³/mol. The maximum absolute atomic E-state index is 9.17. The lowest BCUT2D eigenvalue weighted by atomic mass is 9.96. The molecule has 3 aromatic carbocycles. The van der Waals surface area contributed by atoms with Crippen LogP contribution in [0.15, 0.2) is 60.7 Å². The van der Waals surface area contributed by atoms with E-state index in [0.29, 0.717) is 16.4 Å². The molecule has 5 heteroatoms. The second kappa shape index (κ2) is 5.80. The third-order valence-electron chi connectivity index (χ3n) is 3.93. The quantitative estimate of drug-likeness (QED) is 0.573. The summed E-state index contributed by atoms with van der Waals surface area (Å²) in [5.74, 6) is 0. The summed E-state index contributed by atoms with van der Waals surface area (Å²) in [6, 6.07) is 22.1. The van der Waals surface area contributed by atoms with Crippen LogP contribution in [0.4, 0.5) is 0 Å². The third-order valence-corrected chi connectivity index (χ3v) is 4.15. The van der Waals surface area contributed by atoms with Gasteiger partial charge in [0.25, 0.3) is 0 Å². The van der Waals surface area contributed by atoms with Crippen molar-refractivity contribution in [1.82, 2.24) is 15.4 Å². The first-order valence-electron chi connectivity index (χ1n) is 7.36. The summed E-state index contributed by atoms with van der Waals surface area (Å²) in [6.45, 7) is 0.